The van der Waals surface area contributed by atoms with Crippen molar-refractivity contribution in [1.29, 1.82) is 0 Å². The van der Waals surface area contributed by atoms with E-state index in [1.807, 2.05) is 12.3 Å². The van der Waals surface area contributed by atoms with Gasteiger partial charge in [-0.2, -0.15) is 0 Å². The van der Waals surface area contributed by atoms with Gasteiger partial charge in [-0.15, -0.1) is 11.3 Å². The van der Waals surface area contributed by atoms with Crippen LogP contribution in [0.4, 0.5) is 0 Å². The van der Waals surface area contributed by atoms with Crippen molar-refractivity contribution in [3.63, 3.8) is 0 Å². The minimum Gasteiger partial charge on any atom is -0.312 e. The normalized spacial score (nSPS) is 10.9. The molecule has 4 heteroatoms. The maximum absolute atomic E-state index is 4.85. The van der Waals surface area contributed by atoms with Crippen molar-refractivity contribution in [2.75, 3.05) is 6.54 Å². The quantitative estimate of drug-likeness (QED) is 0.842. The van der Waals surface area contributed by atoms with Gasteiger partial charge in [-0.3, -0.25) is 4.98 Å². The zero-order chi connectivity index (χ0) is 14.4. The maximum Gasteiger partial charge on any atom is 0.142 e. The predicted octanol–water partition coefficient (Wildman–Crippen LogP) is 3.83. The van der Waals surface area contributed by atoms with E-state index in [0.29, 0.717) is 0 Å². The summed E-state index contributed by atoms with van der Waals surface area (Å²) >= 11 is 1.79. The third-order valence-corrected chi connectivity index (χ3v) is 4.38. The van der Waals surface area contributed by atoms with Gasteiger partial charge in [0.25, 0.3) is 0 Å². The highest BCUT2D eigenvalue weighted by molar-refractivity contribution is 7.15. The molecular formula is C16H23N3S. The van der Waals surface area contributed by atoms with Crippen LogP contribution in [0.15, 0.2) is 18.3 Å². The Kier molecular flexibility index (Phi) is 5.68. The summed E-state index contributed by atoms with van der Waals surface area (Å²) in [5.41, 5.74) is 3.57. The first kappa shape index (κ1) is 15.1. The molecule has 0 unspecified atom stereocenters. The highest BCUT2D eigenvalue weighted by atomic mass is 32.1. The van der Waals surface area contributed by atoms with Crippen LogP contribution in [0.2, 0.25) is 0 Å². The molecule has 2 aromatic rings. The minimum absolute atomic E-state index is 0.914. The average Bonchev–Trinajstić information content (AvgIpc) is 2.88. The van der Waals surface area contributed by atoms with Gasteiger partial charge in [0.15, 0.2) is 0 Å². The van der Waals surface area contributed by atoms with Gasteiger partial charge < -0.3 is 5.32 Å². The smallest absolute Gasteiger partial charge is 0.142 e. The SMILES string of the molecule is CCCc1nc(-c2ncccc2CC)sc1CNCC. The first-order valence-corrected chi connectivity index (χ1v) is 8.25. The van der Waals surface area contributed by atoms with Crippen LogP contribution in [0.3, 0.4) is 0 Å². The Labute approximate surface area is 125 Å². The van der Waals surface area contributed by atoms with E-state index in [1.165, 1.54) is 16.1 Å². The topological polar surface area (TPSA) is 37.8 Å². The van der Waals surface area contributed by atoms with Crippen LogP contribution in [0.5, 0.6) is 0 Å². The van der Waals surface area contributed by atoms with Crippen LogP contribution in [-0.4, -0.2) is 16.5 Å². The lowest BCUT2D eigenvalue weighted by molar-refractivity contribution is 0.723. The van der Waals surface area contributed by atoms with Crippen LogP contribution >= 0.6 is 11.3 Å². The van der Waals surface area contributed by atoms with E-state index in [1.54, 1.807) is 11.3 Å². The molecule has 3 nitrogen and oxygen atoms in total. The first-order valence-electron chi connectivity index (χ1n) is 7.43. The second kappa shape index (κ2) is 7.50. The van der Waals surface area contributed by atoms with Crippen LogP contribution in [0, 0.1) is 0 Å². The van der Waals surface area contributed by atoms with E-state index in [4.69, 9.17) is 4.98 Å². The van der Waals surface area contributed by atoms with Crippen molar-refractivity contribution in [2.24, 2.45) is 0 Å². The summed E-state index contributed by atoms with van der Waals surface area (Å²) in [6.07, 6.45) is 5.03. The maximum atomic E-state index is 4.85. The summed E-state index contributed by atoms with van der Waals surface area (Å²) in [5, 5.41) is 4.48. The summed E-state index contributed by atoms with van der Waals surface area (Å²) in [4.78, 5) is 10.7. The highest BCUT2D eigenvalue weighted by Gasteiger charge is 2.14. The van der Waals surface area contributed by atoms with Crippen molar-refractivity contribution >= 4 is 11.3 Å². The predicted molar refractivity (Wildman–Crippen MR) is 86.1 cm³/mol. The minimum atomic E-state index is 0.914. The summed E-state index contributed by atoms with van der Waals surface area (Å²) in [7, 11) is 0. The lowest BCUT2D eigenvalue weighted by atomic mass is 10.1. The number of nitrogens with one attached hydrogen (secondary N) is 1. The monoisotopic (exact) mass is 289 g/mol. The lowest BCUT2D eigenvalue weighted by Gasteiger charge is -2.02. The van der Waals surface area contributed by atoms with E-state index < -0.39 is 0 Å². The Morgan fingerprint density at radius 2 is 2.10 bits per heavy atom. The van der Waals surface area contributed by atoms with E-state index in [-0.39, 0.29) is 0 Å². The van der Waals surface area contributed by atoms with E-state index in [0.717, 1.165) is 43.1 Å². The molecular weight excluding hydrogens is 266 g/mol. The molecule has 0 bridgehead atoms. The van der Waals surface area contributed by atoms with Crippen molar-refractivity contribution in [1.82, 2.24) is 15.3 Å². The molecule has 0 atom stereocenters. The average molecular weight is 289 g/mol. The van der Waals surface area contributed by atoms with Crippen LogP contribution in [0.1, 0.15) is 43.3 Å². The van der Waals surface area contributed by atoms with Crippen molar-refractivity contribution in [2.45, 2.75) is 46.6 Å². The van der Waals surface area contributed by atoms with Gasteiger partial charge in [0, 0.05) is 17.6 Å². The van der Waals surface area contributed by atoms with Gasteiger partial charge in [0.2, 0.25) is 0 Å². The molecule has 0 saturated heterocycles. The van der Waals surface area contributed by atoms with Gasteiger partial charge in [-0.25, -0.2) is 4.98 Å². The van der Waals surface area contributed by atoms with Gasteiger partial charge in [-0.1, -0.05) is 33.3 Å². The third kappa shape index (κ3) is 3.44. The van der Waals surface area contributed by atoms with Gasteiger partial charge in [0.05, 0.1) is 5.69 Å². The Bertz CT molecular complexity index is 548. The fraction of sp³-hybridized carbons (Fsp3) is 0.500. The first-order chi connectivity index (χ1) is 9.80. The Hall–Kier alpha value is -1.26. The van der Waals surface area contributed by atoms with E-state index in [2.05, 4.69) is 37.1 Å². The molecule has 0 aromatic carbocycles. The molecule has 0 aliphatic rings. The highest BCUT2D eigenvalue weighted by Crippen LogP contribution is 2.30. The number of rotatable bonds is 7. The number of pyridine rings is 1. The summed E-state index contributed by atoms with van der Waals surface area (Å²) in [6, 6.07) is 4.15. The molecule has 1 N–H and O–H groups in total. The number of aryl methyl sites for hydroxylation is 2. The summed E-state index contributed by atoms with van der Waals surface area (Å²) in [5.74, 6) is 0. The summed E-state index contributed by atoms with van der Waals surface area (Å²) in [6.45, 7) is 8.41. The number of hydrogen-bond donors (Lipinski definition) is 1. The molecule has 0 amide bonds. The second-order valence-electron chi connectivity index (χ2n) is 4.78. The standard InChI is InChI=1S/C16H23N3S/c1-4-8-13-14(11-17-6-3)20-16(19-13)15-12(5-2)9-7-10-18-15/h7,9-10,17H,4-6,8,11H2,1-3H3. The molecule has 2 aromatic heterocycles. The Morgan fingerprint density at radius 1 is 1.25 bits per heavy atom. The molecule has 20 heavy (non-hydrogen) atoms. The van der Waals surface area contributed by atoms with E-state index >= 15 is 0 Å². The Balaban J connectivity index is 2.36. The lowest BCUT2D eigenvalue weighted by Crippen LogP contribution is -2.11. The van der Waals surface area contributed by atoms with Gasteiger partial charge >= 0.3 is 0 Å². The molecule has 2 rings (SSSR count). The number of nitrogens with zero attached hydrogens (tertiary/aromatic N) is 2. The molecule has 0 radical (unpaired) electrons. The second-order valence-corrected chi connectivity index (χ2v) is 5.87. The molecule has 0 aliphatic carbocycles. The molecule has 2 heterocycles. The Morgan fingerprint density at radius 3 is 2.80 bits per heavy atom. The van der Waals surface area contributed by atoms with E-state index in [9.17, 15) is 0 Å². The third-order valence-electron chi connectivity index (χ3n) is 3.28. The number of hydrogen-bond acceptors (Lipinski definition) is 4. The molecule has 0 spiro atoms. The largest absolute Gasteiger partial charge is 0.312 e. The van der Waals surface area contributed by atoms with Gasteiger partial charge in [-0.05, 0) is 31.0 Å². The molecule has 0 saturated carbocycles. The van der Waals surface area contributed by atoms with Crippen LogP contribution < -0.4 is 5.32 Å². The van der Waals surface area contributed by atoms with Crippen LogP contribution in [-0.2, 0) is 19.4 Å². The zero-order valence-electron chi connectivity index (χ0n) is 12.6. The fourth-order valence-corrected chi connectivity index (χ4v) is 3.32. The summed E-state index contributed by atoms with van der Waals surface area (Å²) < 4.78 is 0. The van der Waals surface area contributed by atoms with Gasteiger partial charge in [0.1, 0.15) is 10.7 Å². The number of thiazole rings is 1. The van der Waals surface area contributed by atoms with Crippen molar-refractivity contribution in [3.8, 4) is 10.7 Å². The molecule has 108 valence electrons. The zero-order valence-corrected chi connectivity index (χ0v) is 13.4. The van der Waals surface area contributed by atoms with Crippen LogP contribution in [0.25, 0.3) is 10.7 Å². The van der Waals surface area contributed by atoms with Crippen molar-refractivity contribution in [3.05, 3.63) is 34.5 Å². The number of aromatic nitrogens is 2. The molecule has 0 aliphatic heterocycles. The van der Waals surface area contributed by atoms with Crippen molar-refractivity contribution < 1.29 is 0 Å². The fourth-order valence-electron chi connectivity index (χ4n) is 2.21. The molecule has 0 fully saturated rings.